The number of rotatable bonds is 4. The van der Waals surface area contributed by atoms with Crippen molar-refractivity contribution < 1.29 is 14.3 Å². The summed E-state index contributed by atoms with van der Waals surface area (Å²) in [5.74, 6) is 0.424. The van der Waals surface area contributed by atoms with Gasteiger partial charge in [-0.15, -0.1) is 0 Å². The Bertz CT molecular complexity index is 838. The Balaban J connectivity index is 1.37. The van der Waals surface area contributed by atoms with Gasteiger partial charge < -0.3 is 15.4 Å². The van der Waals surface area contributed by atoms with Crippen molar-refractivity contribution in [2.45, 2.75) is 19.4 Å². The molecule has 2 aliphatic heterocycles. The van der Waals surface area contributed by atoms with E-state index >= 15 is 0 Å². The molecule has 1 atom stereocenters. The largest absolute Gasteiger partial charge is 0.482 e. The Kier molecular flexibility index (Phi) is 5.07. The second-order valence-corrected chi connectivity index (χ2v) is 7.10. The lowest BCUT2D eigenvalue weighted by atomic mass is 9.96. The number of benzene rings is 2. The molecule has 1 unspecified atom stereocenters. The van der Waals surface area contributed by atoms with Gasteiger partial charge in [0.2, 0.25) is 5.91 Å². The number of nitrogens with one attached hydrogen (secondary N) is 2. The maximum absolute atomic E-state index is 12.7. The van der Waals surface area contributed by atoms with Gasteiger partial charge in [0.15, 0.2) is 6.61 Å². The van der Waals surface area contributed by atoms with Crippen LogP contribution in [0.5, 0.6) is 5.75 Å². The second kappa shape index (κ2) is 7.80. The SMILES string of the molecule is O=C1COc2cc(NC(=O)C3CCCN(Cc4ccccc4)C3)ccc2N1. The lowest BCUT2D eigenvalue weighted by Gasteiger charge is -2.32. The van der Waals surface area contributed by atoms with Gasteiger partial charge in [-0.25, -0.2) is 0 Å². The zero-order valence-electron chi connectivity index (χ0n) is 15.1. The second-order valence-electron chi connectivity index (χ2n) is 7.10. The monoisotopic (exact) mass is 365 g/mol. The first-order chi connectivity index (χ1) is 13.2. The van der Waals surface area contributed by atoms with Gasteiger partial charge in [0.1, 0.15) is 5.75 Å². The standard InChI is InChI=1S/C21H23N3O3/c25-20-14-27-19-11-17(8-9-18(19)23-20)22-21(26)16-7-4-10-24(13-16)12-15-5-2-1-3-6-15/h1-3,5-6,8-9,11,16H,4,7,10,12-14H2,(H,22,26)(H,23,25). The molecule has 6 nitrogen and oxygen atoms in total. The van der Waals surface area contributed by atoms with E-state index < -0.39 is 0 Å². The van der Waals surface area contributed by atoms with Gasteiger partial charge in [-0.05, 0) is 37.1 Å². The molecule has 2 amide bonds. The van der Waals surface area contributed by atoms with Crippen LogP contribution in [0.4, 0.5) is 11.4 Å². The minimum atomic E-state index is -0.167. The highest BCUT2D eigenvalue weighted by atomic mass is 16.5. The minimum Gasteiger partial charge on any atom is -0.482 e. The van der Waals surface area contributed by atoms with Crippen molar-refractivity contribution in [3.63, 3.8) is 0 Å². The fourth-order valence-electron chi connectivity index (χ4n) is 3.65. The molecule has 0 radical (unpaired) electrons. The fraction of sp³-hybridized carbons (Fsp3) is 0.333. The van der Waals surface area contributed by atoms with Gasteiger partial charge in [-0.2, -0.15) is 0 Å². The number of anilines is 2. The van der Waals surface area contributed by atoms with E-state index in [1.807, 2.05) is 18.2 Å². The Hall–Kier alpha value is -2.86. The normalized spacial score (nSPS) is 19.6. The number of piperidine rings is 1. The first-order valence-electron chi connectivity index (χ1n) is 9.31. The van der Waals surface area contributed by atoms with E-state index in [2.05, 4.69) is 27.7 Å². The van der Waals surface area contributed by atoms with Crippen LogP contribution in [0.3, 0.4) is 0 Å². The van der Waals surface area contributed by atoms with Crippen molar-refractivity contribution >= 4 is 23.2 Å². The fourth-order valence-corrected chi connectivity index (χ4v) is 3.65. The average Bonchev–Trinajstić information content (AvgIpc) is 2.69. The van der Waals surface area contributed by atoms with Crippen LogP contribution in [0.25, 0.3) is 0 Å². The zero-order chi connectivity index (χ0) is 18.6. The number of hydrogen-bond acceptors (Lipinski definition) is 4. The lowest BCUT2D eigenvalue weighted by molar-refractivity contribution is -0.121. The van der Waals surface area contributed by atoms with Gasteiger partial charge in [-0.1, -0.05) is 30.3 Å². The average molecular weight is 365 g/mol. The Morgan fingerprint density at radius 3 is 2.93 bits per heavy atom. The highest BCUT2D eigenvalue weighted by Gasteiger charge is 2.26. The highest BCUT2D eigenvalue weighted by Crippen LogP contribution is 2.31. The first kappa shape index (κ1) is 17.5. The smallest absolute Gasteiger partial charge is 0.262 e. The van der Waals surface area contributed by atoms with Crippen molar-refractivity contribution in [3.8, 4) is 5.75 Å². The summed E-state index contributed by atoms with van der Waals surface area (Å²) in [7, 11) is 0. The molecular formula is C21H23N3O3. The topological polar surface area (TPSA) is 70.7 Å². The molecule has 0 bridgehead atoms. The molecule has 0 spiro atoms. The number of carbonyl (C=O) groups is 2. The predicted octanol–water partition coefficient (Wildman–Crippen LogP) is 2.87. The van der Waals surface area contributed by atoms with Crippen molar-refractivity contribution in [1.82, 2.24) is 4.90 Å². The molecule has 1 saturated heterocycles. The molecule has 2 aromatic carbocycles. The Morgan fingerprint density at radius 2 is 2.07 bits per heavy atom. The van der Waals surface area contributed by atoms with Crippen LogP contribution >= 0.6 is 0 Å². The van der Waals surface area contributed by atoms with Gasteiger partial charge in [0, 0.05) is 24.8 Å². The van der Waals surface area contributed by atoms with Crippen molar-refractivity contribution in [2.24, 2.45) is 5.92 Å². The van der Waals surface area contributed by atoms with Gasteiger partial charge >= 0.3 is 0 Å². The molecule has 6 heteroatoms. The van der Waals surface area contributed by atoms with Crippen LogP contribution in [0.1, 0.15) is 18.4 Å². The van der Waals surface area contributed by atoms with E-state index in [9.17, 15) is 9.59 Å². The number of nitrogens with zero attached hydrogens (tertiary/aromatic N) is 1. The van der Waals surface area contributed by atoms with E-state index in [1.54, 1.807) is 18.2 Å². The number of likely N-dealkylation sites (tertiary alicyclic amines) is 1. The van der Waals surface area contributed by atoms with Gasteiger partial charge in [0.05, 0.1) is 11.6 Å². The minimum absolute atomic E-state index is 0.00146. The van der Waals surface area contributed by atoms with Crippen LogP contribution < -0.4 is 15.4 Å². The maximum atomic E-state index is 12.7. The van der Waals surface area contributed by atoms with Crippen molar-refractivity contribution in [3.05, 3.63) is 54.1 Å². The van der Waals surface area contributed by atoms with Crippen LogP contribution in [0, 0.1) is 5.92 Å². The number of hydrogen-bond donors (Lipinski definition) is 2. The molecule has 140 valence electrons. The molecule has 0 aliphatic carbocycles. The number of fused-ring (bicyclic) bond motifs is 1. The number of carbonyl (C=O) groups excluding carboxylic acids is 2. The molecule has 2 heterocycles. The molecule has 0 aromatic heterocycles. The zero-order valence-corrected chi connectivity index (χ0v) is 15.1. The van der Waals surface area contributed by atoms with Gasteiger partial charge in [0.25, 0.3) is 5.91 Å². The predicted molar refractivity (Wildman–Crippen MR) is 104 cm³/mol. The summed E-state index contributed by atoms with van der Waals surface area (Å²) < 4.78 is 5.42. The summed E-state index contributed by atoms with van der Waals surface area (Å²) in [4.78, 5) is 26.4. The molecule has 1 fully saturated rings. The van der Waals surface area contributed by atoms with E-state index in [-0.39, 0.29) is 24.3 Å². The van der Waals surface area contributed by atoms with E-state index in [0.29, 0.717) is 17.1 Å². The molecule has 2 aromatic rings. The maximum Gasteiger partial charge on any atom is 0.262 e. The Morgan fingerprint density at radius 1 is 1.22 bits per heavy atom. The quantitative estimate of drug-likeness (QED) is 0.874. The number of amides is 2. The molecular weight excluding hydrogens is 342 g/mol. The summed E-state index contributed by atoms with van der Waals surface area (Å²) in [5, 5.41) is 5.75. The van der Waals surface area contributed by atoms with Crippen LogP contribution in [0.15, 0.2) is 48.5 Å². The highest BCUT2D eigenvalue weighted by molar-refractivity contribution is 5.97. The van der Waals surface area contributed by atoms with Crippen molar-refractivity contribution in [1.29, 1.82) is 0 Å². The van der Waals surface area contributed by atoms with Crippen molar-refractivity contribution in [2.75, 3.05) is 30.3 Å². The first-order valence-corrected chi connectivity index (χ1v) is 9.31. The lowest BCUT2D eigenvalue weighted by Crippen LogP contribution is -2.40. The molecule has 27 heavy (non-hydrogen) atoms. The molecule has 0 saturated carbocycles. The van der Waals surface area contributed by atoms with E-state index in [0.717, 1.165) is 32.5 Å². The summed E-state index contributed by atoms with van der Waals surface area (Å²) >= 11 is 0. The third-order valence-corrected chi connectivity index (χ3v) is 5.01. The van der Waals surface area contributed by atoms with E-state index in [4.69, 9.17) is 4.74 Å². The third kappa shape index (κ3) is 4.28. The van der Waals surface area contributed by atoms with Gasteiger partial charge in [-0.3, -0.25) is 14.5 Å². The van der Waals surface area contributed by atoms with Crippen LogP contribution in [0.2, 0.25) is 0 Å². The Labute approximate surface area is 158 Å². The summed E-state index contributed by atoms with van der Waals surface area (Å²) in [6.45, 7) is 2.65. The number of ether oxygens (including phenoxy) is 1. The van der Waals surface area contributed by atoms with Crippen LogP contribution in [-0.2, 0) is 16.1 Å². The molecule has 2 aliphatic rings. The summed E-state index contributed by atoms with van der Waals surface area (Å²) in [5.41, 5.74) is 2.60. The van der Waals surface area contributed by atoms with E-state index in [1.165, 1.54) is 5.56 Å². The molecule has 2 N–H and O–H groups in total. The van der Waals surface area contributed by atoms with Crippen LogP contribution in [-0.4, -0.2) is 36.4 Å². The molecule has 4 rings (SSSR count). The summed E-state index contributed by atoms with van der Waals surface area (Å²) in [6.07, 6.45) is 1.92. The third-order valence-electron chi connectivity index (χ3n) is 5.01. The summed E-state index contributed by atoms with van der Waals surface area (Å²) in [6, 6.07) is 15.7.